The maximum Gasteiger partial charge on any atom is 0.106 e. The van der Waals surface area contributed by atoms with Crippen molar-refractivity contribution in [1.82, 2.24) is 0 Å². The van der Waals surface area contributed by atoms with E-state index >= 15 is 0 Å². The molecule has 0 aromatic rings. The lowest BCUT2D eigenvalue weighted by atomic mass is 9.83. The molecule has 10 nitrogen and oxygen atoms in total. The molecule has 2 heterocycles. The standard InChI is InChI=1S/C22H42O10/c1-3-4-15-21(27)20(26)14(18(12-24)31-15)6-9-30-10-7-16-22(28)19(25)13(5-8-29-2)17(11-23)32-16/h13-28H,3-12H2,1-2H3. The molecule has 0 aromatic heterocycles. The Hall–Kier alpha value is -0.400. The first-order valence-electron chi connectivity index (χ1n) is 11.7. The van der Waals surface area contributed by atoms with E-state index in [2.05, 4.69) is 0 Å². The van der Waals surface area contributed by atoms with Gasteiger partial charge < -0.3 is 49.6 Å². The molecule has 2 saturated heterocycles. The van der Waals surface area contributed by atoms with Crippen LogP contribution in [-0.4, -0.2) is 120 Å². The maximum atomic E-state index is 10.5. The summed E-state index contributed by atoms with van der Waals surface area (Å²) in [7, 11) is 1.55. The maximum absolute atomic E-state index is 10.5. The topological polar surface area (TPSA) is 158 Å². The number of methoxy groups -OCH3 is 1. The molecular formula is C22H42O10. The molecule has 2 fully saturated rings. The van der Waals surface area contributed by atoms with E-state index in [-0.39, 0.29) is 26.4 Å². The Labute approximate surface area is 190 Å². The molecule has 0 spiro atoms. The van der Waals surface area contributed by atoms with Gasteiger partial charge in [0.1, 0.15) is 12.2 Å². The predicted molar refractivity (Wildman–Crippen MR) is 114 cm³/mol. The van der Waals surface area contributed by atoms with Crippen LogP contribution in [0.4, 0.5) is 0 Å². The summed E-state index contributed by atoms with van der Waals surface area (Å²) in [5, 5.41) is 60.9. The minimum absolute atomic E-state index is 0.240. The molecule has 10 atom stereocenters. The Morgan fingerprint density at radius 1 is 0.625 bits per heavy atom. The van der Waals surface area contributed by atoms with Crippen molar-refractivity contribution in [2.24, 2.45) is 11.8 Å². The first-order valence-corrected chi connectivity index (χ1v) is 11.7. The second-order valence-electron chi connectivity index (χ2n) is 8.84. The van der Waals surface area contributed by atoms with Crippen molar-refractivity contribution >= 4 is 0 Å². The highest BCUT2D eigenvalue weighted by Crippen LogP contribution is 2.32. The third kappa shape index (κ3) is 7.05. The number of hydrogen-bond donors (Lipinski definition) is 6. The van der Waals surface area contributed by atoms with Gasteiger partial charge in [0.25, 0.3) is 0 Å². The highest BCUT2D eigenvalue weighted by atomic mass is 16.5. The lowest BCUT2D eigenvalue weighted by Crippen LogP contribution is -2.56. The SMILES string of the molecule is CCCC1OC(CO)C(CCOCCC2OC(CO)C(CCOC)C(O)C2O)C(O)C1O. The van der Waals surface area contributed by atoms with Gasteiger partial charge in [0.05, 0.1) is 49.8 Å². The fourth-order valence-corrected chi connectivity index (χ4v) is 4.81. The number of aliphatic hydroxyl groups excluding tert-OH is 6. The van der Waals surface area contributed by atoms with Gasteiger partial charge in [0.15, 0.2) is 0 Å². The van der Waals surface area contributed by atoms with Crippen molar-refractivity contribution in [3.05, 3.63) is 0 Å². The van der Waals surface area contributed by atoms with Crippen LogP contribution < -0.4 is 0 Å². The van der Waals surface area contributed by atoms with E-state index < -0.39 is 60.7 Å². The van der Waals surface area contributed by atoms with Crippen molar-refractivity contribution in [2.45, 2.75) is 87.9 Å². The second kappa shape index (κ2) is 14.1. The van der Waals surface area contributed by atoms with E-state index in [1.165, 1.54) is 0 Å². The van der Waals surface area contributed by atoms with Crippen LogP contribution in [0.25, 0.3) is 0 Å². The zero-order chi connectivity index (χ0) is 23.7. The minimum atomic E-state index is -1.10. The van der Waals surface area contributed by atoms with Crippen molar-refractivity contribution in [1.29, 1.82) is 0 Å². The van der Waals surface area contributed by atoms with Gasteiger partial charge in [-0.3, -0.25) is 0 Å². The molecule has 2 rings (SSSR count). The molecule has 0 radical (unpaired) electrons. The van der Waals surface area contributed by atoms with Gasteiger partial charge in [0, 0.05) is 38.8 Å². The van der Waals surface area contributed by atoms with E-state index in [0.717, 1.165) is 6.42 Å². The van der Waals surface area contributed by atoms with E-state index in [9.17, 15) is 30.6 Å². The molecule has 10 unspecified atom stereocenters. The summed E-state index contributed by atoms with van der Waals surface area (Å²) >= 11 is 0. The molecule has 32 heavy (non-hydrogen) atoms. The van der Waals surface area contributed by atoms with Gasteiger partial charge in [-0.05, 0) is 25.7 Å². The lowest BCUT2D eigenvalue weighted by molar-refractivity contribution is -0.217. The molecule has 0 amide bonds. The monoisotopic (exact) mass is 466 g/mol. The van der Waals surface area contributed by atoms with Gasteiger partial charge in [-0.15, -0.1) is 0 Å². The summed E-state index contributed by atoms with van der Waals surface area (Å²) in [6.07, 6.45) is -3.89. The van der Waals surface area contributed by atoms with Crippen LogP contribution in [0.5, 0.6) is 0 Å². The smallest absolute Gasteiger partial charge is 0.106 e. The first kappa shape index (κ1) is 27.8. The fourth-order valence-electron chi connectivity index (χ4n) is 4.81. The van der Waals surface area contributed by atoms with Gasteiger partial charge in [0.2, 0.25) is 0 Å². The van der Waals surface area contributed by atoms with Crippen LogP contribution in [0.15, 0.2) is 0 Å². The van der Waals surface area contributed by atoms with Gasteiger partial charge in [-0.1, -0.05) is 13.3 Å². The van der Waals surface area contributed by atoms with Crippen molar-refractivity contribution in [2.75, 3.05) is 40.1 Å². The quantitative estimate of drug-likeness (QED) is 0.182. The zero-order valence-electron chi connectivity index (χ0n) is 19.2. The van der Waals surface area contributed by atoms with E-state index in [0.29, 0.717) is 32.3 Å². The summed E-state index contributed by atoms with van der Waals surface area (Å²) < 4.78 is 22.3. The highest BCUT2D eigenvalue weighted by Gasteiger charge is 2.44. The summed E-state index contributed by atoms with van der Waals surface area (Å²) in [5.74, 6) is -0.875. The summed E-state index contributed by atoms with van der Waals surface area (Å²) in [6, 6.07) is 0. The van der Waals surface area contributed by atoms with E-state index in [4.69, 9.17) is 18.9 Å². The van der Waals surface area contributed by atoms with Crippen LogP contribution in [0, 0.1) is 11.8 Å². The molecule has 10 heteroatoms. The molecule has 0 aromatic carbocycles. The Morgan fingerprint density at radius 3 is 1.56 bits per heavy atom. The minimum Gasteiger partial charge on any atom is -0.394 e. The average molecular weight is 467 g/mol. The summed E-state index contributed by atoms with van der Waals surface area (Å²) in [5.41, 5.74) is 0. The number of hydrogen-bond acceptors (Lipinski definition) is 10. The largest absolute Gasteiger partial charge is 0.394 e. The van der Waals surface area contributed by atoms with E-state index in [1.54, 1.807) is 7.11 Å². The Kier molecular flexibility index (Phi) is 12.3. The highest BCUT2D eigenvalue weighted by molar-refractivity contribution is 4.93. The van der Waals surface area contributed by atoms with Gasteiger partial charge >= 0.3 is 0 Å². The molecule has 2 aliphatic heterocycles. The van der Waals surface area contributed by atoms with Crippen LogP contribution in [-0.2, 0) is 18.9 Å². The van der Waals surface area contributed by atoms with E-state index in [1.807, 2.05) is 6.92 Å². The predicted octanol–water partition coefficient (Wildman–Crippen LogP) is -1.18. The van der Waals surface area contributed by atoms with Crippen LogP contribution in [0.2, 0.25) is 0 Å². The molecule has 6 N–H and O–H groups in total. The number of ether oxygens (including phenoxy) is 4. The normalized spacial score (nSPS) is 40.5. The van der Waals surface area contributed by atoms with Crippen LogP contribution in [0.1, 0.15) is 39.0 Å². The second-order valence-corrected chi connectivity index (χ2v) is 8.84. The van der Waals surface area contributed by atoms with Gasteiger partial charge in [-0.2, -0.15) is 0 Å². The lowest BCUT2D eigenvalue weighted by Gasteiger charge is -2.43. The molecule has 2 aliphatic rings. The third-order valence-corrected chi connectivity index (χ3v) is 6.72. The van der Waals surface area contributed by atoms with Crippen LogP contribution in [0.3, 0.4) is 0 Å². The van der Waals surface area contributed by atoms with Crippen molar-refractivity contribution in [3.63, 3.8) is 0 Å². The Bertz CT molecular complexity index is 505. The molecule has 0 bridgehead atoms. The van der Waals surface area contributed by atoms with Crippen molar-refractivity contribution in [3.8, 4) is 0 Å². The Balaban J connectivity index is 1.78. The molecule has 0 saturated carbocycles. The zero-order valence-corrected chi connectivity index (χ0v) is 19.2. The molecular weight excluding hydrogens is 424 g/mol. The first-order chi connectivity index (χ1) is 15.4. The third-order valence-electron chi connectivity index (χ3n) is 6.72. The van der Waals surface area contributed by atoms with Gasteiger partial charge in [-0.25, -0.2) is 0 Å². The molecule has 190 valence electrons. The van der Waals surface area contributed by atoms with Crippen LogP contribution >= 0.6 is 0 Å². The Morgan fingerprint density at radius 2 is 1.09 bits per heavy atom. The summed E-state index contributed by atoms with van der Waals surface area (Å²) in [6.45, 7) is 2.34. The number of aliphatic hydroxyl groups is 6. The fraction of sp³-hybridized carbons (Fsp3) is 1.00. The van der Waals surface area contributed by atoms with Crippen molar-refractivity contribution < 1.29 is 49.6 Å². The average Bonchev–Trinajstić information content (AvgIpc) is 2.79. The molecule has 0 aliphatic carbocycles. The summed E-state index contributed by atoms with van der Waals surface area (Å²) in [4.78, 5) is 0. The number of rotatable bonds is 13.